The van der Waals surface area contributed by atoms with Crippen molar-refractivity contribution >= 4 is 17.7 Å². The zero-order chi connectivity index (χ0) is 14.9. The number of carbonyl (C=O) groups excluding carboxylic acids is 1. The first-order valence-electron chi connectivity index (χ1n) is 6.71. The van der Waals surface area contributed by atoms with E-state index in [-0.39, 0.29) is 12.5 Å². The highest BCUT2D eigenvalue weighted by molar-refractivity contribution is 7.99. The molecule has 1 amide bonds. The van der Waals surface area contributed by atoms with Gasteiger partial charge in [-0.1, -0.05) is 30.3 Å². The number of carbonyl (C=O) groups is 1. The van der Waals surface area contributed by atoms with Crippen molar-refractivity contribution in [3.05, 3.63) is 65.5 Å². The minimum atomic E-state index is -0.0134. The average Bonchev–Trinajstić information content (AvgIpc) is 2.54. The lowest BCUT2D eigenvalue weighted by Gasteiger charge is -2.08. The molecule has 21 heavy (non-hydrogen) atoms. The maximum Gasteiger partial charge on any atom is 0.230 e. The second-order valence-corrected chi connectivity index (χ2v) is 5.50. The van der Waals surface area contributed by atoms with Crippen LogP contribution in [0.1, 0.15) is 16.8 Å². The van der Waals surface area contributed by atoms with Crippen LogP contribution in [0.15, 0.2) is 48.7 Å². The third kappa shape index (κ3) is 5.21. The Kier molecular flexibility index (Phi) is 6.24. The van der Waals surface area contributed by atoms with Gasteiger partial charge in [0.25, 0.3) is 0 Å². The molecule has 2 rings (SSSR count). The number of thioether (sulfide) groups is 1. The third-order valence-electron chi connectivity index (χ3n) is 2.97. The molecule has 0 aliphatic carbocycles. The highest BCUT2D eigenvalue weighted by Gasteiger charge is 2.05. The summed E-state index contributed by atoms with van der Waals surface area (Å²) in [6.07, 6.45) is 1.75. The van der Waals surface area contributed by atoms with Crippen molar-refractivity contribution in [1.29, 1.82) is 0 Å². The molecule has 0 atom stereocenters. The summed E-state index contributed by atoms with van der Waals surface area (Å²) in [6.45, 7) is 0.431. The Morgan fingerprint density at radius 1 is 1.14 bits per heavy atom. The van der Waals surface area contributed by atoms with Crippen LogP contribution >= 0.6 is 11.8 Å². The average molecular weight is 302 g/mol. The standard InChI is InChI=1S/C16H18N2O2S/c19-10-14-6-2-1-5-13(14)9-18-16(20)12-21-11-15-7-3-4-8-17-15/h1-8,19H,9-12H2,(H,18,20). The van der Waals surface area contributed by atoms with E-state index in [1.165, 1.54) is 11.8 Å². The lowest BCUT2D eigenvalue weighted by molar-refractivity contribution is -0.118. The Morgan fingerprint density at radius 3 is 2.62 bits per heavy atom. The molecule has 0 spiro atoms. The van der Waals surface area contributed by atoms with Gasteiger partial charge in [0.05, 0.1) is 18.1 Å². The van der Waals surface area contributed by atoms with Crippen molar-refractivity contribution in [2.45, 2.75) is 18.9 Å². The van der Waals surface area contributed by atoms with Gasteiger partial charge in [-0.15, -0.1) is 11.8 Å². The van der Waals surface area contributed by atoms with E-state index in [1.807, 2.05) is 42.5 Å². The van der Waals surface area contributed by atoms with E-state index in [2.05, 4.69) is 10.3 Å². The van der Waals surface area contributed by atoms with Crippen molar-refractivity contribution in [2.24, 2.45) is 0 Å². The molecule has 110 valence electrons. The van der Waals surface area contributed by atoms with Gasteiger partial charge in [-0.25, -0.2) is 0 Å². The van der Waals surface area contributed by atoms with E-state index in [9.17, 15) is 9.90 Å². The van der Waals surface area contributed by atoms with Gasteiger partial charge in [0.15, 0.2) is 0 Å². The largest absolute Gasteiger partial charge is 0.392 e. The number of hydrogen-bond acceptors (Lipinski definition) is 4. The van der Waals surface area contributed by atoms with E-state index in [0.717, 1.165) is 22.6 Å². The summed E-state index contributed by atoms with van der Waals surface area (Å²) in [4.78, 5) is 16.0. The van der Waals surface area contributed by atoms with Gasteiger partial charge in [-0.3, -0.25) is 9.78 Å². The number of aliphatic hydroxyl groups is 1. The fourth-order valence-electron chi connectivity index (χ4n) is 1.86. The molecular formula is C16H18N2O2S. The van der Waals surface area contributed by atoms with E-state index >= 15 is 0 Å². The van der Waals surface area contributed by atoms with Crippen LogP contribution in [0.3, 0.4) is 0 Å². The van der Waals surface area contributed by atoms with Crippen LogP contribution in [0, 0.1) is 0 Å². The van der Waals surface area contributed by atoms with Gasteiger partial charge in [0.1, 0.15) is 0 Å². The topological polar surface area (TPSA) is 62.2 Å². The molecule has 0 aliphatic rings. The van der Waals surface area contributed by atoms with Gasteiger partial charge >= 0.3 is 0 Å². The summed E-state index contributed by atoms with van der Waals surface area (Å²) in [6, 6.07) is 13.3. The predicted molar refractivity (Wildman–Crippen MR) is 84.6 cm³/mol. The summed E-state index contributed by atoms with van der Waals surface area (Å²) in [5, 5.41) is 12.1. The van der Waals surface area contributed by atoms with Gasteiger partial charge in [0.2, 0.25) is 5.91 Å². The Bertz CT molecular complexity index is 575. The van der Waals surface area contributed by atoms with Crippen molar-refractivity contribution in [3.63, 3.8) is 0 Å². The summed E-state index contributed by atoms with van der Waals surface area (Å²) in [5.74, 6) is 1.11. The summed E-state index contributed by atoms with van der Waals surface area (Å²) in [5.41, 5.74) is 2.77. The Hall–Kier alpha value is -1.85. The smallest absolute Gasteiger partial charge is 0.230 e. The van der Waals surface area contributed by atoms with Crippen LogP contribution in [0.4, 0.5) is 0 Å². The molecular weight excluding hydrogens is 284 g/mol. The molecule has 0 radical (unpaired) electrons. The number of pyridine rings is 1. The number of hydrogen-bond donors (Lipinski definition) is 2. The maximum absolute atomic E-state index is 11.8. The maximum atomic E-state index is 11.8. The number of amides is 1. The molecule has 0 aliphatic heterocycles. The molecule has 0 saturated heterocycles. The van der Waals surface area contributed by atoms with E-state index in [0.29, 0.717) is 12.3 Å². The number of benzene rings is 1. The number of aliphatic hydroxyl groups excluding tert-OH is 1. The molecule has 5 heteroatoms. The lowest BCUT2D eigenvalue weighted by Crippen LogP contribution is -2.25. The molecule has 0 unspecified atom stereocenters. The Morgan fingerprint density at radius 2 is 1.90 bits per heavy atom. The SMILES string of the molecule is O=C(CSCc1ccccn1)NCc1ccccc1CO. The number of rotatable bonds is 7. The van der Waals surface area contributed by atoms with Gasteiger partial charge in [-0.05, 0) is 23.3 Å². The monoisotopic (exact) mass is 302 g/mol. The van der Waals surface area contributed by atoms with Crippen molar-refractivity contribution < 1.29 is 9.90 Å². The summed E-state index contributed by atoms with van der Waals surface area (Å²) in [7, 11) is 0. The second kappa shape index (κ2) is 8.44. The highest BCUT2D eigenvalue weighted by Crippen LogP contribution is 2.10. The van der Waals surface area contributed by atoms with E-state index in [1.54, 1.807) is 6.20 Å². The molecule has 0 saturated carbocycles. The summed E-state index contributed by atoms with van der Waals surface area (Å²) < 4.78 is 0. The first-order chi connectivity index (χ1) is 10.3. The molecule has 2 aromatic rings. The van der Waals surface area contributed by atoms with Crippen LogP contribution in [0.25, 0.3) is 0 Å². The van der Waals surface area contributed by atoms with E-state index in [4.69, 9.17) is 0 Å². The number of nitrogens with zero attached hydrogens (tertiary/aromatic N) is 1. The third-order valence-corrected chi connectivity index (χ3v) is 3.94. The molecule has 1 aromatic carbocycles. The Balaban J connectivity index is 1.72. The number of nitrogens with one attached hydrogen (secondary N) is 1. The first kappa shape index (κ1) is 15.5. The molecule has 0 fully saturated rings. The minimum Gasteiger partial charge on any atom is -0.392 e. The molecule has 1 aromatic heterocycles. The fourth-order valence-corrected chi connectivity index (χ4v) is 2.63. The van der Waals surface area contributed by atoms with Gasteiger partial charge in [0, 0.05) is 18.5 Å². The first-order valence-corrected chi connectivity index (χ1v) is 7.87. The molecule has 1 heterocycles. The number of aromatic nitrogens is 1. The second-order valence-electron chi connectivity index (χ2n) is 4.52. The lowest BCUT2D eigenvalue weighted by atomic mass is 10.1. The van der Waals surface area contributed by atoms with Crippen molar-refractivity contribution in [2.75, 3.05) is 5.75 Å². The normalized spacial score (nSPS) is 10.3. The van der Waals surface area contributed by atoms with Crippen LogP contribution < -0.4 is 5.32 Å². The van der Waals surface area contributed by atoms with Crippen LogP contribution in [-0.4, -0.2) is 21.8 Å². The van der Waals surface area contributed by atoms with Crippen LogP contribution in [-0.2, 0) is 23.7 Å². The van der Waals surface area contributed by atoms with E-state index < -0.39 is 0 Å². The molecule has 0 bridgehead atoms. The predicted octanol–water partition coefficient (Wildman–Crippen LogP) is 2.12. The quantitative estimate of drug-likeness (QED) is 0.822. The van der Waals surface area contributed by atoms with Crippen molar-refractivity contribution in [1.82, 2.24) is 10.3 Å². The molecule has 4 nitrogen and oxygen atoms in total. The van der Waals surface area contributed by atoms with Gasteiger partial charge in [-0.2, -0.15) is 0 Å². The van der Waals surface area contributed by atoms with Gasteiger partial charge < -0.3 is 10.4 Å². The molecule has 2 N–H and O–H groups in total. The Labute approximate surface area is 128 Å². The summed E-state index contributed by atoms with van der Waals surface area (Å²) >= 11 is 1.54. The zero-order valence-corrected chi connectivity index (χ0v) is 12.5. The van der Waals surface area contributed by atoms with Crippen molar-refractivity contribution in [3.8, 4) is 0 Å². The minimum absolute atomic E-state index is 0.0105. The van der Waals surface area contributed by atoms with Crippen LogP contribution in [0.2, 0.25) is 0 Å². The fraction of sp³-hybridized carbons (Fsp3) is 0.250. The zero-order valence-electron chi connectivity index (χ0n) is 11.7. The highest BCUT2D eigenvalue weighted by atomic mass is 32.2. The van der Waals surface area contributed by atoms with Crippen LogP contribution in [0.5, 0.6) is 0 Å².